The largest absolute Gasteiger partial charge is 0.461 e. The molecule has 5 nitrogen and oxygen atoms in total. The van der Waals surface area contributed by atoms with Crippen LogP contribution >= 0.6 is 11.3 Å². The standard InChI is InChI=1S/C12H13N3O2S/c1-3-17-11(16)9-10(18-12(13-2)15-9)8-4-6-14-7-5-8/h4-7H,3H2,1-2H3,(H,13,15). The Balaban J connectivity index is 2.45. The highest BCUT2D eigenvalue weighted by atomic mass is 32.1. The second-order valence-electron chi connectivity index (χ2n) is 3.40. The monoisotopic (exact) mass is 263 g/mol. The van der Waals surface area contributed by atoms with E-state index < -0.39 is 5.97 Å². The Kier molecular flexibility index (Phi) is 3.88. The zero-order valence-electron chi connectivity index (χ0n) is 10.1. The van der Waals surface area contributed by atoms with Crippen molar-refractivity contribution in [3.8, 4) is 10.4 Å². The molecular formula is C12H13N3O2S. The van der Waals surface area contributed by atoms with Crippen molar-refractivity contribution in [1.29, 1.82) is 0 Å². The van der Waals surface area contributed by atoms with Crippen molar-refractivity contribution in [2.75, 3.05) is 19.0 Å². The molecule has 0 spiro atoms. The highest BCUT2D eigenvalue weighted by Crippen LogP contribution is 2.32. The third kappa shape index (κ3) is 2.48. The summed E-state index contributed by atoms with van der Waals surface area (Å²) in [5.41, 5.74) is 1.25. The molecule has 0 saturated carbocycles. The van der Waals surface area contributed by atoms with Crippen LogP contribution in [0.25, 0.3) is 10.4 Å². The smallest absolute Gasteiger partial charge is 0.358 e. The minimum Gasteiger partial charge on any atom is -0.461 e. The van der Waals surface area contributed by atoms with Crippen molar-refractivity contribution in [2.24, 2.45) is 0 Å². The summed E-state index contributed by atoms with van der Waals surface area (Å²) in [4.78, 5) is 20.8. The van der Waals surface area contributed by atoms with Gasteiger partial charge in [0, 0.05) is 19.4 Å². The molecule has 2 rings (SSSR count). The molecule has 0 bridgehead atoms. The first-order chi connectivity index (χ1) is 8.76. The predicted molar refractivity (Wildman–Crippen MR) is 70.8 cm³/mol. The third-order valence-electron chi connectivity index (χ3n) is 2.25. The molecule has 0 saturated heterocycles. The molecule has 0 unspecified atom stereocenters. The molecule has 0 aliphatic heterocycles. The van der Waals surface area contributed by atoms with Gasteiger partial charge in [0.2, 0.25) is 0 Å². The molecule has 94 valence electrons. The lowest BCUT2D eigenvalue weighted by Gasteiger charge is -2.01. The average molecular weight is 263 g/mol. The predicted octanol–water partition coefficient (Wildman–Crippen LogP) is 2.42. The first-order valence-corrected chi connectivity index (χ1v) is 6.34. The second kappa shape index (κ2) is 5.59. The number of hydrogen-bond donors (Lipinski definition) is 1. The van der Waals surface area contributed by atoms with Crippen LogP contribution in [0.3, 0.4) is 0 Å². The van der Waals surface area contributed by atoms with Crippen LogP contribution in [0.15, 0.2) is 24.5 Å². The van der Waals surface area contributed by atoms with Gasteiger partial charge in [-0.15, -0.1) is 0 Å². The normalized spacial score (nSPS) is 10.1. The Hall–Kier alpha value is -1.95. The average Bonchev–Trinajstić information content (AvgIpc) is 2.84. The maximum absolute atomic E-state index is 11.8. The molecule has 0 aliphatic carbocycles. The fourth-order valence-corrected chi connectivity index (χ4v) is 2.38. The number of hydrogen-bond acceptors (Lipinski definition) is 6. The lowest BCUT2D eigenvalue weighted by atomic mass is 10.2. The van der Waals surface area contributed by atoms with Gasteiger partial charge in [0.15, 0.2) is 10.8 Å². The molecule has 18 heavy (non-hydrogen) atoms. The quantitative estimate of drug-likeness (QED) is 0.858. The number of carbonyl (C=O) groups is 1. The first kappa shape index (κ1) is 12.5. The van der Waals surface area contributed by atoms with Gasteiger partial charge < -0.3 is 10.1 Å². The molecule has 2 aromatic rings. The summed E-state index contributed by atoms with van der Waals surface area (Å²) in [6.45, 7) is 2.11. The number of pyridine rings is 1. The summed E-state index contributed by atoms with van der Waals surface area (Å²) >= 11 is 1.42. The van der Waals surface area contributed by atoms with Crippen LogP contribution < -0.4 is 5.32 Å². The maximum Gasteiger partial charge on any atom is 0.358 e. The zero-order valence-corrected chi connectivity index (χ0v) is 11.0. The minimum atomic E-state index is -0.401. The van der Waals surface area contributed by atoms with Crippen molar-refractivity contribution >= 4 is 22.4 Å². The minimum absolute atomic E-state index is 0.334. The Bertz CT molecular complexity index is 540. The van der Waals surface area contributed by atoms with Gasteiger partial charge in [-0.3, -0.25) is 4.98 Å². The fraction of sp³-hybridized carbons (Fsp3) is 0.250. The van der Waals surface area contributed by atoms with E-state index in [1.807, 2.05) is 12.1 Å². The van der Waals surface area contributed by atoms with E-state index in [2.05, 4.69) is 15.3 Å². The lowest BCUT2D eigenvalue weighted by Crippen LogP contribution is -2.06. The molecule has 0 atom stereocenters. The van der Waals surface area contributed by atoms with Gasteiger partial charge in [-0.1, -0.05) is 11.3 Å². The second-order valence-corrected chi connectivity index (χ2v) is 4.40. The number of ether oxygens (including phenoxy) is 1. The van der Waals surface area contributed by atoms with Gasteiger partial charge in [0.25, 0.3) is 0 Å². The molecule has 6 heteroatoms. The zero-order chi connectivity index (χ0) is 13.0. The molecule has 0 amide bonds. The SMILES string of the molecule is CCOC(=O)c1nc(NC)sc1-c1ccncc1. The molecule has 2 aromatic heterocycles. The Morgan fingerprint density at radius 3 is 2.78 bits per heavy atom. The van der Waals surface area contributed by atoms with E-state index >= 15 is 0 Å². The van der Waals surface area contributed by atoms with Gasteiger partial charge in [-0.05, 0) is 24.6 Å². The number of thiazole rings is 1. The third-order valence-corrected chi connectivity index (χ3v) is 3.37. The first-order valence-electron chi connectivity index (χ1n) is 5.52. The van der Waals surface area contributed by atoms with Gasteiger partial charge in [-0.2, -0.15) is 0 Å². The Morgan fingerprint density at radius 1 is 1.44 bits per heavy atom. The van der Waals surface area contributed by atoms with E-state index in [-0.39, 0.29) is 0 Å². The molecule has 0 fully saturated rings. The molecule has 0 radical (unpaired) electrons. The van der Waals surface area contributed by atoms with E-state index in [0.29, 0.717) is 17.4 Å². The summed E-state index contributed by atoms with van der Waals surface area (Å²) in [5, 5.41) is 3.62. The summed E-state index contributed by atoms with van der Waals surface area (Å²) in [7, 11) is 1.77. The maximum atomic E-state index is 11.8. The van der Waals surface area contributed by atoms with Crippen molar-refractivity contribution in [1.82, 2.24) is 9.97 Å². The molecular weight excluding hydrogens is 250 g/mol. The molecule has 0 aliphatic rings. The van der Waals surface area contributed by atoms with Crippen molar-refractivity contribution < 1.29 is 9.53 Å². The summed E-state index contributed by atoms with van der Waals surface area (Å²) in [5.74, 6) is -0.401. The van der Waals surface area contributed by atoms with Crippen LogP contribution in [0.2, 0.25) is 0 Å². The van der Waals surface area contributed by atoms with Crippen molar-refractivity contribution in [3.05, 3.63) is 30.2 Å². The topological polar surface area (TPSA) is 64.1 Å². The number of nitrogens with one attached hydrogen (secondary N) is 1. The molecule has 1 N–H and O–H groups in total. The highest BCUT2D eigenvalue weighted by Gasteiger charge is 2.20. The summed E-state index contributed by atoms with van der Waals surface area (Å²) < 4.78 is 5.01. The van der Waals surface area contributed by atoms with E-state index in [1.54, 1.807) is 26.4 Å². The molecule has 2 heterocycles. The van der Waals surface area contributed by atoms with Gasteiger partial charge in [-0.25, -0.2) is 9.78 Å². The van der Waals surface area contributed by atoms with Gasteiger partial charge in [0.1, 0.15) is 0 Å². The number of rotatable bonds is 4. The van der Waals surface area contributed by atoms with Gasteiger partial charge in [0.05, 0.1) is 11.5 Å². The van der Waals surface area contributed by atoms with Crippen molar-refractivity contribution in [3.63, 3.8) is 0 Å². The van der Waals surface area contributed by atoms with Crippen LogP contribution in [0.5, 0.6) is 0 Å². The van der Waals surface area contributed by atoms with Crippen LogP contribution in [0.4, 0.5) is 5.13 Å². The van der Waals surface area contributed by atoms with Gasteiger partial charge >= 0.3 is 5.97 Å². The number of nitrogens with zero attached hydrogens (tertiary/aromatic N) is 2. The number of esters is 1. The van der Waals surface area contributed by atoms with Crippen LogP contribution in [-0.2, 0) is 4.74 Å². The summed E-state index contributed by atoms with van der Waals surface area (Å²) in [6, 6.07) is 3.69. The van der Waals surface area contributed by atoms with Crippen LogP contribution in [-0.4, -0.2) is 29.6 Å². The molecule has 0 aromatic carbocycles. The van der Waals surface area contributed by atoms with Crippen molar-refractivity contribution in [2.45, 2.75) is 6.92 Å². The van der Waals surface area contributed by atoms with E-state index in [1.165, 1.54) is 11.3 Å². The van der Waals surface area contributed by atoms with Crippen LogP contribution in [0.1, 0.15) is 17.4 Å². The Morgan fingerprint density at radius 2 is 2.17 bits per heavy atom. The highest BCUT2D eigenvalue weighted by molar-refractivity contribution is 7.19. The van der Waals surface area contributed by atoms with Crippen LogP contribution in [0, 0.1) is 0 Å². The fourth-order valence-electron chi connectivity index (χ4n) is 1.46. The Labute approximate surface area is 109 Å². The van der Waals surface area contributed by atoms with E-state index in [0.717, 1.165) is 10.4 Å². The number of anilines is 1. The number of carbonyl (C=O) groups excluding carboxylic acids is 1. The number of aromatic nitrogens is 2. The van der Waals surface area contributed by atoms with E-state index in [4.69, 9.17) is 4.74 Å². The summed E-state index contributed by atoms with van der Waals surface area (Å²) in [6.07, 6.45) is 3.37. The van der Waals surface area contributed by atoms with E-state index in [9.17, 15) is 4.79 Å². The lowest BCUT2D eigenvalue weighted by molar-refractivity contribution is 0.0521.